The number of carbonyl (C=O) groups excluding carboxylic acids is 2. The molecule has 5 nitrogen and oxygen atoms in total. The van der Waals surface area contributed by atoms with Crippen molar-refractivity contribution in [2.24, 2.45) is 5.41 Å². The Labute approximate surface area is 127 Å². The molecule has 0 aromatic heterocycles. The van der Waals surface area contributed by atoms with Crippen LogP contribution < -0.4 is 5.32 Å². The van der Waals surface area contributed by atoms with Crippen molar-refractivity contribution in [3.63, 3.8) is 0 Å². The minimum atomic E-state index is -0.260. The molecule has 1 atom stereocenters. The standard InChI is InChI=1S/C14H25N3O2.ClH/c1-12(18)16-7-4-8-17(10-9-16)13(19)14(2)5-3-6-15-11-14;/h15H,3-11H2,1-2H3;1H. The van der Waals surface area contributed by atoms with E-state index in [0.717, 1.165) is 45.4 Å². The number of halogens is 1. The molecule has 0 saturated carbocycles. The highest BCUT2D eigenvalue weighted by atomic mass is 35.5. The monoisotopic (exact) mass is 303 g/mol. The zero-order valence-electron chi connectivity index (χ0n) is 12.5. The van der Waals surface area contributed by atoms with Crippen molar-refractivity contribution < 1.29 is 9.59 Å². The second kappa shape index (κ2) is 7.27. The zero-order valence-corrected chi connectivity index (χ0v) is 13.3. The molecule has 0 bridgehead atoms. The van der Waals surface area contributed by atoms with Gasteiger partial charge in [-0.2, -0.15) is 0 Å². The highest BCUT2D eigenvalue weighted by molar-refractivity contribution is 5.85. The number of piperidine rings is 1. The van der Waals surface area contributed by atoms with Crippen molar-refractivity contribution in [2.75, 3.05) is 39.3 Å². The summed E-state index contributed by atoms with van der Waals surface area (Å²) in [6.45, 7) is 8.35. The number of hydrogen-bond acceptors (Lipinski definition) is 3. The van der Waals surface area contributed by atoms with Gasteiger partial charge in [0.2, 0.25) is 11.8 Å². The molecule has 20 heavy (non-hydrogen) atoms. The van der Waals surface area contributed by atoms with E-state index in [1.54, 1.807) is 6.92 Å². The van der Waals surface area contributed by atoms with Gasteiger partial charge < -0.3 is 15.1 Å². The van der Waals surface area contributed by atoms with Crippen LogP contribution in [-0.4, -0.2) is 60.9 Å². The van der Waals surface area contributed by atoms with Crippen molar-refractivity contribution in [3.8, 4) is 0 Å². The van der Waals surface area contributed by atoms with Gasteiger partial charge in [-0.05, 0) is 32.7 Å². The minimum Gasteiger partial charge on any atom is -0.341 e. The van der Waals surface area contributed by atoms with Gasteiger partial charge >= 0.3 is 0 Å². The summed E-state index contributed by atoms with van der Waals surface area (Å²) in [6, 6.07) is 0. The average Bonchev–Trinajstić information content (AvgIpc) is 2.64. The predicted octanol–water partition coefficient (Wildman–Crippen LogP) is 0.879. The first kappa shape index (κ1) is 17.2. The van der Waals surface area contributed by atoms with E-state index in [1.165, 1.54) is 0 Å². The van der Waals surface area contributed by atoms with Gasteiger partial charge in [-0.25, -0.2) is 0 Å². The summed E-state index contributed by atoms with van der Waals surface area (Å²) < 4.78 is 0. The smallest absolute Gasteiger partial charge is 0.229 e. The lowest BCUT2D eigenvalue weighted by Gasteiger charge is -2.37. The quantitative estimate of drug-likeness (QED) is 0.782. The van der Waals surface area contributed by atoms with Gasteiger partial charge in [0.05, 0.1) is 5.41 Å². The second-order valence-corrected chi connectivity index (χ2v) is 5.99. The lowest BCUT2D eigenvalue weighted by Crippen LogP contribution is -2.51. The Kier molecular flexibility index (Phi) is 6.27. The van der Waals surface area contributed by atoms with Gasteiger partial charge in [-0.15, -0.1) is 12.4 Å². The van der Waals surface area contributed by atoms with E-state index in [1.807, 2.05) is 9.80 Å². The van der Waals surface area contributed by atoms with E-state index in [9.17, 15) is 9.59 Å². The van der Waals surface area contributed by atoms with E-state index in [-0.39, 0.29) is 29.6 Å². The van der Waals surface area contributed by atoms with Crippen molar-refractivity contribution in [1.82, 2.24) is 15.1 Å². The molecule has 0 aromatic rings. The van der Waals surface area contributed by atoms with Crippen molar-refractivity contribution >= 4 is 24.2 Å². The maximum atomic E-state index is 12.7. The zero-order chi connectivity index (χ0) is 13.9. The molecule has 0 aliphatic carbocycles. The Bertz CT molecular complexity index is 356. The highest BCUT2D eigenvalue weighted by Crippen LogP contribution is 2.28. The van der Waals surface area contributed by atoms with Crippen LogP contribution in [0.2, 0.25) is 0 Å². The van der Waals surface area contributed by atoms with Crippen molar-refractivity contribution in [1.29, 1.82) is 0 Å². The Balaban J connectivity index is 0.00000200. The number of hydrogen-bond donors (Lipinski definition) is 1. The lowest BCUT2D eigenvalue weighted by molar-refractivity contribution is -0.142. The number of amides is 2. The van der Waals surface area contributed by atoms with Crippen LogP contribution in [0.25, 0.3) is 0 Å². The Morgan fingerprint density at radius 2 is 1.70 bits per heavy atom. The maximum Gasteiger partial charge on any atom is 0.229 e. The van der Waals surface area contributed by atoms with Crippen LogP contribution in [0.15, 0.2) is 0 Å². The Morgan fingerprint density at radius 3 is 2.30 bits per heavy atom. The number of rotatable bonds is 1. The van der Waals surface area contributed by atoms with E-state index in [4.69, 9.17) is 0 Å². The van der Waals surface area contributed by atoms with Gasteiger partial charge in [0.1, 0.15) is 0 Å². The summed E-state index contributed by atoms with van der Waals surface area (Å²) in [6.07, 6.45) is 2.91. The highest BCUT2D eigenvalue weighted by Gasteiger charge is 2.38. The summed E-state index contributed by atoms with van der Waals surface area (Å²) in [5.74, 6) is 0.366. The van der Waals surface area contributed by atoms with Crippen LogP contribution in [0.4, 0.5) is 0 Å². The predicted molar refractivity (Wildman–Crippen MR) is 80.9 cm³/mol. The van der Waals surface area contributed by atoms with Crippen LogP contribution in [0.5, 0.6) is 0 Å². The third-order valence-electron chi connectivity index (χ3n) is 4.34. The van der Waals surface area contributed by atoms with Crippen LogP contribution in [-0.2, 0) is 9.59 Å². The summed E-state index contributed by atoms with van der Waals surface area (Å²) in [4.78, 5) is 27.9. The molecular weight excluding hydrogens is 278 g/mol. The summed E-state index contributed by atoms with van der Waals surface area (Å²) >= 11 is 0. The van der Waals surface area contributed by atoms with Gasteiger partial charge in [0.25, 0.3) is 0 Å². The molecule has 0 aromatic carbocycles. The molecule has 116 valence electrons. The van der Waals surface area contributed by atoms with Crippen LogP contribution >= 0.6 is 12.4 Å². The van der Waals surface area contributed by atoms with Gasteiger partial charge in [-0.3, -0.25) is 9.59 Å². The molecule has 2 aliphatic rings. The summed E-state index contributed by atoms with van der Waals surface area (Å²) in [7, 11) is 0. The molecule has 2 rings (SSSR count). The fourth-order valence-corrected chi connectivity index (χ4v) is 3.06. The molecule has 2 aliphatic heterocycles. The molecule has 0 radical (unpaired) electrons. The van der Waals surface area contributed by atoms with E-state index in [0.29, 0.717) is 13.1 Å². The van der Waals surface area contributed by atoms with Gasteiger partial charge in [0.15, 0.2) is 0 Å². The molecule has 6 heteroatoms. The van der Waals surface area contributed by atoms with E-state index in [2.05, 4.69) is 12.2 Å². The molecule has 0 spiro atoms. The minimum absolute atomic E-state index is 0. The molecule has 2 heterocycles. The van der Waals surface area contributed by atoms with E-state index >= 15 is 0 Å². The third kappa shape index (κ3) is 3.85. The Hall–Kier alpha value is -0.810. The molecule has 1 N–H and O–H groups in total. The topological polar surface area (TPSA) is 52.7 Å². The first-order valence-electron chi connectivity index (χ1n) is 7.28. The lowest BCUT2D eigenvalue weighted by atomic mass is 9.81. The van der Waals surface area contributed by atoms with Crippen LogP contribution in [0, 0.1) is 5.41 Å². The molecule has 2 fully saturated rings. The number of nitrogens with zero attached hydrogens (tertiary/aromatic N) is 2. The van der Waals surface area contributed by atoms with Gasteiger partial charge in [0, 0.05) is 39.6 Å². The normalized spacial score (nSPS) is 27.5. The van der Waals surface area contributed by atoms with Crippen molar-refractivity contribution in [3.05, 3.63) is 0 Å². The molecular formula is C14H26ClN3O2. The maximum absolute atomic E-state index is 12.7. The Morgan fingerprint density at radius 1 is 1.05 bits per heavy atom. The van der Waals surface area contributed by atoms with Crippen LogP contribution in [0.3, 0.4) is 0 Å². The summed E-state index contributed by atoms with van der Waals surface area (Å²) in [5.41, 5.74) is -0.260. The number of carbonyl (C=O) groups is 2. The number of nitrogens with one attached hydrogen (secondary N) is 1. The molecule has 2 amide bonds. The van der Waals surface area contributed by atoms with Crippen LogP contribution in [0.1, 0.15) is 33.1 Å². The third-order valence-corrected chi connectivity index (χ3v) is 4.34. The first-order valence-corrected chi connectivity index (χ1v) is 7.28. The fraction of sp³-hybridized carbons (Fsp3) is 0.857. The first-order chi connectivity index (χ1) is 9.03. The SMILES string of the molecule is CC(=O)N1CCCN(C(=O)C2(C)CCCNC2)CC1.Cl. The fourth-order valence-electron chi connectivity index (χ4n) is 3.06. The molecule has 2 saturated heterocycles. The van der Waals surface area contributed by atoms with E-state index < -0.39 is 0 Å². The molecule has 1 unspecified atom stereocenters. The van der Waals surface area contributed by atoms with Gasteiger partial charge in [-0.1, -0.05) is 0 Å². The average molecular weight is 304 g/mol. The summed E-state index contributed by atoms with van der Waals surface area (Å²) in [5, 5.41) is 3.33. The second-order valence-electron chi connectivity index (χ2n) is 5.99. The van der Waals surface area contributed by atoms with Crippen molar-refractivity contribution in [2.45, 2.75) is 33.1 Å². The largest absolute Gasteiger partial charge is 0.341 e.